The molecule has 1 fully saturated rings. The fraction of sp³-hybridized carbons (Fsp3) is 0.667. The fourth-order valence-corrected chi connectivity index (χ4v) is 2.28. The lowest BCUT2D eigenvalue weighted by molar-refractivity contribution is 0.112. The molecule has 0 bridgehead atoms. The SMILES string of the molecule is CC(C)N1CCCC(n2cc(C=O)cn2)C1. The molecule has 1 aromatic heterocycles. The second-order valence-corrected chi connectivity index (χ2v) is 4.76. The molecule has 0 radical (unpaired) electrons. The maximum absolute atomic E-state index is 10.6. The fourth-order valence-electron chi connectivity index (χ4n) is 2.28. The van der Waals surface area contributed by atoms with E-state index in [0.717, 1.165) is 19.3 Å². The van der Waals surface area contributed by atoms with Gasteiger partial charge in [0.05, 0.1) is 17.8 Å². The summed E-state index contributed by atoms with van der Waals surface area (Å²) in [5.74, 6) is 0. The molecule has 0 aromatic carbocycles. The van der Waals surface area contributed by atoms with Crippen LogP contribution in [0, 0.1) is 0 Å². The third-order valence-electron chi connectivity index (χ3n) is 3.29. The predicted octanol–water partition coefficient (Wildman–Crippen LogP) is 1.74. The molecule has 4 nitrogen and oxygen atoms in total. The van der Waals surface area contributed by atoms with E-state index in [-0.39, 0.29) is 0 Å². The molecule has 2 rings (SSSR count). The summed E-state index contributed by atoms with van der Waals surface area (Å²) >= 11 is 0. The van der Waals surface area contributed by atoms with Gasteiger partial charge in [-0.1, -0.05) is 0 Å². The lowest BCUT2D eigenvalue weighted by atomic mass is 10.0. The number of hydrogen-bond donors (Lipinski definition) is 0. The number of hydrogen-bond acceptors (Lipinski definition) is 3. The average molecular weight is 221 g/mol. The van der Waals surface area contributed by atoms with E-state index in [1.54, 1.807) is 6.20 Å². The summed E-state index contributed by atoms with van der Waals surface area (Å²) in [4.78, 5) is 13.1. The zero-order valence-corrected chi connectivity index (χ0v) is 9.97. The minimum atomic E-state index is 0.421. The van der Waals surface area contributed by atoms with Crippen molar-refractivity contribution < 1.29 is 4.79 Å². The number of nitrogens with zero attached hydrogens (tertiary/aromatic N) is 3. The van der Waals surface area contributed by atoms with Crippen LogP contribution in [0.5, 0.6) is 0 Å². The van der Waals surface area contributed by atoms with Crippen LogP contribution >= 0.6 is 0 Å². The Morgan fingerprint density at radius 2 is 2.38 bits per heavy atom. The van der Waals surface area contributed by atoms with Crippen molar-refractivity contribution in [1.82, 2.24) is 14.7 Å². The van der Waals surface area contributed by atoms with Crippen molar-refractivity contribution in [2.75, 3.05) is 13.1 Å². The standard InChI is InChI=1S/C12H19N3O/c1-10(2)14-5-3-4-12(8-14)15-7-11(9-16)6-13-15/h6-7,9-10,12H,3-5,8H2,1-2H3. The highest BCUT2D eigenvalue weighted by molar-refractivity contribution is 5.73. The summed E-state index contributed by atoms with van der Waals surface area (Å²) in [5.41, 5.74) is 0.668. The van der Waals surface area contributed by atoms with Crippen molar-refractivity contribution in [1.29, 1.82) is 0 Å². The van der Waals surface area contributed by atoms with Crippen LogP contribution in [0.25, 0.3) is 0 Å². The van der Waals surface area contributed by atoms with Gasteiger partial charge in [-0.3, -0.25) is 14.4 Å². The quantitative estimate of drug-likeness (QED) is 0.730. The van der Waals surface area contributed by atoms with Gasteiger partial charge in [-0.25, -0.2) is 0 Å². The third-order valence-corrected chi connectivity index (χ3v) is 3.29. The first-order valence-electron chi connectivity index (χ1n) is 5.94. The lowest BCUT2D eigenvalue weighted by Gasteiger charge is -2.35. The van der Waals surface area contributed by atoms with Gasteiger partial charge in [0.15, 0.2) is 6.29 Å². The van der Waals surface area contributed by atoms with E-state index >= 15 is 0 Å². The number of aromatic nitrogens is 2. The molecular weight excluding hydrogens is 202 g/mol. The van der Waals surface area contributed by atoms with Crippen LogP contribution in [-0.2, 0) is 0 Å². The van der Waals surface area contributed by atoms with Gasteiger partial charge in [-0.2, -0.15) is 5.10 Å². The molecule has 4 heteroatoms. The van der Waals surface area contributed by atoms with Gasteiger partial charge in [0.25, 0.3) is 0 Å². The zero-order valence-electron chi connectivity index (χ0n) is 9.97. The zero-order chi connectivity index (χ0) is 11.5. The smallest absolute Gasteiger partial charge is 0.153 e. The number of likely N-dealkylation sites (tertiary alicyclic amines) is 1. The number of carbonyl (C=O) groups excluding carboxylic acids is 1. The van der Waals surface area contributed by atoms with Gasteiger partial charge in [-0.05, 0) is 33.2 Å². The molecule has 0 spiro atoms. The van der Waals surface area contributed by atoms with Crippen molar-refractivity contribution >= 4 is 6.29 Å². The van der Waals surface area contributed by atoms with E-state index in [2.05, 4.69) is 23.8 Å². The summed E-state index contributed by atoms with van der Waals surface area (Å²) in [6, 6.07) is 1.01. The van der Waals surface area contributed by atoms with Gasteiger partial charge in [0.1, 0.15) is 0 Å². The Kier molecular flexibility index (Phi) is 3.39. The van der Waals surface area contributed by atoms with Crippen LogP contribution in [0.4, 0.5) is 0 Å². The molecule has 0 amide bonds. The van der Waals surface area contributed by atoms with Gasteiger partial charge >= 0.3 is 0 Å². The van der Waals surface area contributed by atoms with E-state index in [4.69, 9.17) is 0 Å². The number of aldehydes is 1. The van der Waals surface area contributed by atoms with Gasteiger partial charge in [-0.15, -0.1) is 0 Å². The van der Waals surface area contributed by atoms with Crippen molar-refractivity contribution in [3.63, 3.8) is 0 Å². The van der Waals surface area contributed by atoms with E-state index in [1.807, 2.05) is 10.9 Å². The lowest BCUT2D eigenvalue weighted by Crippen LogP contribution is -2.40. The largest absolute Gasteiger partial charge is 0.299 e. The summed E-state index contributed by atoms with van der Waals surface area (Å²) in [7, 11) is 0. The first kappa shape index (κ1) is 11.3. The summed E-state index contributed by atoms with van der Waals surface area (Å²) in [6.45, 7) is 6.66. The molecule has 1 atom stereocenters. The molecule has 1 saturated heterocycles. The maximum Gasteiger partial charge on any atom is 0.153 e. The molecule has 1 aliphatic heterocycles. The Bertz CT molecular complexity index is 359. The van der Waals surface area contributed by atoms with Gasteiger partial charge in [0.2, 0.25) is 0 Å². The molecule has 88 valence electrons. The molecule has 1 aromatic rings. The highest BCUT2D eigenvalue weighted by Gasteiger charge is 2.23. The Balaban J connectivity index is 2.06. The van der Waals surface area contributed by atoms with Crippen LogP contribution in [-0.4, -0.2) is 40.1 Å². The normalized spacial score (nSPS) is 22.6. The van der Waals surface area contributed by atoms with Crippen LogP contribution in [0.3, 0.4) is 0 Å². The molecule has 1 unspecified atom stereocenters. The Morgan fingerprint density at radius 3 is 3.00 bits per heavy atom. The van der Waals surface area contributed by atoms with Crippen LogP contribution < -0.4 is 0 Å². The van der Waals surface area contributed by atoms with Gasteiger partial charge in [0, 0.05) is 18.8 Å². The average Bonchev–Trinajstić information content (AvgIpc) is 2.77. The first-order valence-corrected chi connectivity index (χ1v) is 5.94. The summed E-state index contributed by atoms with van der Waals surface area (Å²) in [6.07, 6.45) is 6.71. The Labute approximate surface area is 96.2 Å². The topological polar surface area (TPSA) is 38.1 Å². The highest BCUT2D eigenvalue weighted by atomic mass is 16.1. The molecule has 1 aliphatic rings. The van der Waals surface area contributed by atoms with Crippen molar-refractivity contribution in [3.05, 3.63) is 18.0 Å². The second-order valence-electron chi connectivity index (χ2n) is 4.76. The second kappa shape index (κ2) is 4.78. The molecule has 0 saturated carbocycles. The van der Waals surface area contributed by atoms with Crippen LogP contribution in [0.15, 0.2) is 12.4 Å². The van der Waals surface area contributed by atoms with E-state index in [0.29, 0.717) is 17.6 Å². The monoisotopic (exact) mass is 221 g/mol. The number of rotatable bonds is 3. The van der Waals surface area contributed by atoms with Crippen LogP contribution in [0.1, 0.15) is 43.1 Å². The molecule has 2 heterocycles. The third kappa shape index (κ3) is 2.32. The van der Waals surface area contributed by atoms with Crippen molar-refractivity contribution in [2.24, 2.45) is 0 Å². The molecular formula is C12H19N3O. The van der Waals surface area contributed by atoms with Crippen molar-refractivity contribution in [2.45, 2.75) is 38.8 Å². The highest BCUT2D eigenvalue weighted by Crippen LogP contribution is 2.22. The molecule has 0 N–H and O–H groups in total. The van der Waals surface area contributed by atoms with E-state index in [1.165, 1.54) is 13.0 Å². The molecule has 16 heavy (non-hydrogen) atoms. The minimum absolute atomic E-state index is 0.421. The number of carbonyl (C=O) groups is 1. The number of piperidine rings is 1. The Morgan fingerprint density at radius 1 is 1.56 bits per heavy atom. The van der Waals surface area contributed by atoms with Crippen LogP contribution in [0.2, 0.25) is 0 Å². The van der Waals surface area contributed by atoms with E-state index < -0.39 is 0 Å². The Hall–Kier alpha value is -1.16. The van der Waals surface area contributed by atoms with Crippen molar-refractivity contribution in [3.8, 4) is 0 Å². The maximum atomic E-state index is 10.6. The predicted molar refractivity (Wildman–Crippen MR) is 62.6 cm³/mol. The van der Waals surface area contributed by atoms with Gasteiger partial charge < -0.3 is 0 Å². The van der Waals surface area contributed by atoms with E-state index in [9.17, 15) is 4.79 Å². The minimum Gasteiger partial charge on any atom is -0.299 e. The summed E-state index contributed by atoms with van der Waals surface area (Å²) < 4.78 is 1.94. The molecule has 0 aliphatic carbocycles. The first-order chi connectivity index (χ1) is 7.70. The summed E-state index contributed by atoms with van der Waals surface area (Å²) in [5, 5.41) is 4.26.